The molecule has 1 aromatic heterocycles. The molecule has 2 aromatic rings. The quantitative estimate of drug-likeness (QED) is 0.642. The second kappa shape index (κ2) is 9.63. The highest BCUT2D eigenvalue weighted by atomic mass is 35.5. The number of halogens is 2. The third-order valence-corrected chi connectivity index (χ3v) is 7.67. The minimum Gasteiger partial charge on any atom is -0.379 e. The van der Waals surface area contributed by atoms with Gasteiger partial charge in [0.25, 0.3) is 0 Å². The number of carbonyl (C=O) groups is 1. The van der Waals surface area contributed by atoms with Crippen molar-refractivity contribution in [3.05, 3.63) is 46.6 Å². The van der Waals surface area contributed by atoms with Gasteiger partial charge in [0.1, 0.15) is 4.90 Å². The molecular weight excluding hydrogens is 457 g/mol. The first-order valence-corrected chi connectivity index (χ1v) is 11.8. The lowest BCUT2D eigenvalue weighted by Gasteiger charge is -2.25. The van der Waals surface area contributed by atoms with Crippen molar-refractivity contribution in [2.45, 2.75) is 22.1 Å². The number of amides is 1. The van der Waals surface area contributed by atoms with Crippen LogP contribution in [0.5, 0.6) is 0 Å². The Labute approximate surface area is 183 Å². The number of ether oxygens (including phenoxy) is 1. The molecule has 29 heavy (non-hydrogen) atoms. The SMILES string of the molecule is CC(Sc1ccc(S(=O)(=O)N2CCOCC2)cn1)C(=O)Nc1cc(Cl)ccc1Cl. The molecule has 1 aliphatic heterocycles. The van der Waals surface area contributed by atoms with Gasteiger partial charge in [-0.15, -0.1) is 0 Å². The lowest BCUT2D eigenvalue weighted by molar-refractivity contribution is -0.115. The largest absolute Gasteiger partial charge is 0.379 e. The summed E-state index contributed by atoms with van der Waals surface area (Å²) in [6.07, 6.45) is 1.31. The fourth-order valence-electron chi connectivity index (χ4n) is 2.59. The number of hydrogen-bond donors (Lipinski definition) is 1. The minimum atomic E-state index is -3.60. The molecule has 0 bridgehead atoms. The molecule has 1 N–H and O–H groups in total. The predicted molar refractivity (Wildman–Crippen MR) is 114 cm³/mol. The fraction of sp³-hybridized carbons (Fsp3) is 0.333. The second-order valence-electron chi connectivity index (χ2n) is 6.22. The standard InChI is InChI=1S/C18H19Cl2N3O4S2/c1-12(18(24)22-16-10-13(19)2-4-15(16)20)28-17-5-3-14(11-21-17)29(25,26)23-6-8-27-9-7-23/h2-5,10-12H,6-9H2,1H3,(H,22,24). The predicted octanol–water partition coefficient (Wildman–Crippen LogP) is 3.53. The van der Waals surface area contributed by atoms with Crippen LogP contribution in [0.3, 0.4) is 0 Å². The van der Waals surface area contributed by atoms with Gasteiger partial charge in [-0.25, -0.2) is 13.4 Å². The van der Waals surface area contributed by atoms with E-state index >= 15 is 0 Å². The molecule has 1 aliphatic rings. The molecule has 0 saturated carbocycles. The Bertz CT molecular complexity index is 981. The number of carbonyl (C=O) groups excluding carboxylic acids is 1. The molecule has 3 rings (SSSR count). The Kier molecular flexibility index (Phi) is 7.42. The van der Waals surface area contributed by atoms with E-state index in [2.05, 4.69) is 10.3 Å². The minimum absolute atomic E-state index is 0.117. The number of thioether (sulfide) groups is 1. The van der Waals surface area contributed by atoms with Crippen LogP contribution in [0, 0.1) is 0 Å². The van der Waals surface area contributed by atoms with Crippen molar-refractivity contribution in [2.24, 2.45) is 0 Å². The van der Waals surface area contributed by atoms with Crippen molar-refractivity contribution < 1.29 is 17.9 Å². The second-order valence-corrected chi connectivity index (χ2v) is 10.4. The molecule has 0 aliphatic carbocycles. The summed E-state index contributed by atoms with van der Waals surface area (Å²) in [4.78, 5) is 16.8. The fourth-order valence-corrected chi connectivity index (χ4v) is 5.07. The first-order valence-electron chi connectivity index (χ1n) is 8.74. The zero-order chi connectivity index (χ0) is 21.0. The van der Waals surface area contributed by atoms with E-state index in [1.165, 1.54) is 28.3 Å². The highest BCUT2D eigenvalue weighted by Crippen LogP contribution is 2.28. The Morgan fingerprint density at radius 3 is 2.62 bits per heavy atom. The zero-order valence-electron chi connectivity index (χ0n) is 15.5. The molecule has 1 saturated heterocycles. The van der Waals surface area contributed by atoms with E-state index < -0.39 is 15.3 Å². The van der Waals surface area contributed by atoms with Crippen molar-refractivity contribution in [2.75, 3.05) is 31.6 Å². The average Bonchev–Trinajstić information content (AvgIpc) is 2.71. The Hall–Kier alpha value is -1.36. The number of aromatic nitrogens is 1. The topological polar surface area (TPSA) is 88.6 Å². The lowest BCUT2D eigenvalue weighted by Crippen LogP contribution is -2.40. The van der Waals surface area contributed by atoms with Gasteiger partial charge in [-0.05, 0) is 37.3 Å². The van der Waals surface area contributed by atoms with Crippen LogP contribution in [0.15, 0.2) is 46.5 Å². The molecule has 1 aromatic carbocycles. The molecule has 156 valence electrons. The van der Waals surface area contributed by atoms with Gasteiger partial charge >= 0.3 is 0 Å². The van der Waals surface area contributed by atoms with Gasteiger partial charge in [-0.2, -0.15) is 4.31 Å². The van der Waals surface area contributed by atoms with Gasteiger partial charge in [0.15, 0.2) is 0 Å². The van der Waals surface area contributed by atoms with E-state index in [1.54, 1.807) is 31.2 Å². The summed E-state index contributed by atoms with van der Waals surface area (Å²) in [6.45, 7) is 3.12. The van der Waals surface area contributed by atoms with Crippen LogP contribution in [-0.2, 0) is 19.6 Å². The van der Waals surface area contributed by atoms with Crippen molar-refractivity contribution in [3.63, 3.8) is 0 Å². The molecule has 2 heterocycles. The van der Waals surface area contributed by atoms with Crippen molar-refractivity contribution in [3.8, 4) is 0 Å². The number of nitrogens with zero attached hydrogens (tertiary/aromatic N) is 2. The number of anilines is 1. The Morgan fingerprint density at radius 2 is 1.97 bits per heavy atom. The smallest absolute Gasteiger partial charge is 0.244 e. The lowest BCUT2D eigenvalue weighted by atomic mass is 10.3. The molecule has 1 amide bonds. The van der Waals surface area contributed by atoms with Crippen LogP contribution < -0.4 is 5.32 Å². The molecular formula is C18H19Cl2N3O4S2. The number of benzene rings is 1. The van der Waals surface area contributed by atoms with Gasteiger partial charge in [0.2, 0.25) is 15.9 Å². The van der Waals surface area contributed by atoms with Crippen LogP contribution in [0.2, 0.25) is 10.0 Å². The average molecular weight is 476 g/mol. The number of morpholine rings is 1. The maximum Gasteiger partial charge on any atom is 0.244 e. The van der Waals surface area contributed by atoms with Gasteiger partial charge in [0, 0.05) is 24.3 Å². The normalized spacial score (nSPS) is 16.4. The first kappa shape index (κ1) is 22.3. The third kappa shape index (κ3) is 5.62. The summed E-state index contributed by atoms with van der Waals surface area (Å²) in [6, 6.07) is 7.90. The maximum atomic E-state index is 12.6. The third-order valence-electron chi connectivity index (χ3n) is 4.17. The van der Waals surface area contributed by atoms with E-state index in [9.17, 15) is 13.2 Å². The monoisotopic (exact) mass is 475 g/mol. The van der Waals surface area contributed by atoms with Crippen molar-refractivity contribution in [1.82, 2.24) is 9.29 Å². The molecule has 1 fully saturated rings. The summed E-state index contributed by atoms with van der Waals surface area (Å²) in [5.41, 5.74) is 0.427. The van der Waals surface area contributed by atoms with Crippen LogP contribution in [0.4, 0.5) is 5.69 Å². The number of nitrogens with one attached hydrogen (secondary N) is 1. The van der Waals surface area contributed by atoms with Crippen LogP contribution >= 0.6 is 35.0 Å². The maximum absolute atomic E-state index is 12.6. The van der Waals surface area contributed by atoms with Crippen LogP contribution in [0.25, 0.3) is 0 Å². The van der Waals surface area contributed by atoms with Crippen molar-refractivity contribution in [1.29, 1.82) is 0 Å². The Morgan fingerprint density at radius 1 is 1.24 bits per heavy atom. The van der Waals surface area contributed by atoms with E-state index in [0.29, 0.717) is 47.1 Å². The van der Waals surface area contributed by atoms with Crippen LogP contribution in [-0.4, -0.2) is 55.2 Å². The molecule has 0 radical (unpaired) electrons. The molecule has 11 heteroatoms. The molecule has 7 nitrogen and oxygen atoms in total. The van der Waals surface area contributed by atoms with E-state index in [-0.39, 0.29) is 10.8 Å². The first-order chi connectivity index (χ1) is 13.8. The van der Waals surface area contributed by atoms with Crippen LogP contribution in [0.1, 0.15) is 6.92 Å². The summed E-state index contributed by atoms with van der Waals surface area (Å²) >= 11 is 13.2. The zero-order valence-corrected chi connectivity index (χ0v) is 18.6. The van der Waals surface area contributed by atoms with Gasteiger partial charge in [-0.1, -0.05) is 35.0 Å². The highest BCUT2D eigenvalue weighted by Gasteiger charge is 2.26. The van der Waals surface area contributed by atoms with E-state index in [1.807, 2.05) is 0 Å². The number of rotatable bonds is 6. The van der Waals surface area contributed by atoms with Gasteiger partial charge in [0.05, 0.1) is 34.2 Å². The van der Waals surface area contributed by atoms with Gasteiger partial charge < -0.3 is 10.1 Å². The van der Waals surface area contributed by atoms with Crippen molar-refractivity contribution >= 4 is 56.6 Å². The molecule has 1 atom stereocenters. The molecule has 0 spiro atoms. The van der Waals surface area contributed by atoms with Gasteiger partial charge in [-0.3, -0.25) is 4.79 Å². The number of sulfonamides is 1. The highest BCUT2D eigenvalue weighted by molar-refractivity contribution is 8.00. The summed E-state index contributed by atoms with van der Waals surface area (Å²) < 4.78 is 31.8. The molecule has 1 unspecified atom stereocenters. The number of pyridine rings is 1. The summed E-state index contributed by atoms with van der Waals surface area (Å²) in [7, 11) is -3.60. The van der Waals surface area contributed by atoms with E-state index in [4.69, 9.17) is 27.9 Å². The van der Waals surface area contributed by atoms with E-state index in [0.717, 1.165) is 0 Å². The summed E-state index contributed by atoms with van der Waals surface area (Å²) in [5.74, 6) is -0.272. The number of hydrogen-bond acceptors (Lipinski definition) is 6. The Balaban J connectivity index is 1.64. The summed E-state index contributed by atoms with van der Waals surface area (Å²) in [5, 5.41) is 3.62.